The number of amidine groups is 1. The summed E-state index contributed by atoms with van der Waals surface area (Å²) < 4.78 is 13.0. The van der Waals surface area contributed by atoms with E-state index in [0.29, 0.717) is 5.02 Å². The monoisotopic (exact) mass is 200 g/mol. The van der Waals surface area contributed by atoms with Gasteiger partial charge in [-0.2, -0.15) is 0 Å². The van der Waals surface area contributed by atoms with Crippen LogP contribution in [0.5, 0.6) is 0 Å². The second-order valence-corrected chi connectivity index (χ2v) is 3.19. The van der Waals surface area contributed by atoms with Gasteiger partial charge in [0.15, 0.2) is 6.17 Å². The average Bonchev–Trinajstić information content (AvgIpc) is 2.04. The number of hydrogen-bond acceptors (Lipinski definition) is 1. The van der Waals surface area contributed by atoms with Crippen molar-refractivity contribution in [2.24, 2.45) is 5.73 Å². The number of rotatable bonds is 3. The summed E-state index contributed by atoms with van der Waals surface area (Å²) in [6, 6.07) is 6.87. The van der Waals surface area contributed by atoms with Gasteiger partial charge in [0, 0.05) is 11.4 Å². The molecule has 2 nitrogen and oxygen atoms in total. The van der Waals surface area contributed by atoms with Crippen molar-refractivity contribution < 1.29 is 4.39 Å². The maximum Gasteiger partial charge on any atom is 0.160 e. The first-order valence-corrected chi connectivity index (χ1v) is 4.20. The van der Waals surface area contributed by atoms with Crippen molar-refractivity contribution in [3.05, 3.63) is 34.9 Å². The molecule has 0 aliphatic heterocycles. The Morgan fingerprint density at radius 2 is 2.31 bits per heavy atom. The summed E-state index contributed by atoms with van der Waals surface area (Å²) in [4.78, 5) is 0. The lowest BCUT2D eigenvalue weighted by Gasteiger charge is -2.05. The molecular weight excluding hydrogens is 191 g/mol. The molecule has 1 aromatic rings. The largest absolute Gasteiger partial charge is 0.385 e. The quantitative estimate of drug-likeness (QED) is 0.570. The van der Waals surface area contributed by atoms with Gasteiger partial charge in [-0.1, -0.05) is 23.7 Å². The molecule has 1 atom stereocenters. The van der Waals surface area contributed by atoms with Gasteiger partial charge in [0.05, 0.1) is 0 Å². The average molecular weight is 201 g/mol. The molecule has 0 aliphatic rings. The number of benzene rings is 1. The van der Waals surface area contributed by atoms with Crippen molar-refractivity contribution in [1.29, 1.82) is 5.41 Å². The van der Waals surface area contributed by atoms with Crippen LogP contribution in [-0.2, 0) is 6.42 Å². The maximum atomic E-state index is 13.0. The summed E-state index contributed by atoms with van der Waals surface area (Å²) in [5, 5.41) is 7.44. The third kappa shape index (κ3) is 3.03. The van der Waals surface area contributed by atoms with Gasteiger partial charge < -0.3 is 5.73 Å². The van der Waals surface area contributed by atoms with Crippen molar-refractivity contribution in [3.8, 4) is 0 Å². The molecule has 1 rings (SSSR count). The first-order valence-electron chi connectivity index (χ1n) is 3.82. The van der Waals surface area contributed by atoms with Gasteiger partial charge in [0.1, 0.15) is 5.84 Å². The lowest BCUT2D eigenvalue weighted by atomic mass is 10.1. The minimum atomic E-state index is -1.42. The van der Waals surface area contributed by atoms with Gasteiger partial charge in [-0.25, -0.2) is 4.39 Å². The number of alkyl halides is 1. The molecule has 0 saturated carbocycles. The molecule has 0 spiro atoms. The minimum Gasteiger partial charge on any atom is -0.385 e. The lowest BCUT2D eigenvalue weighted by molar-refractivity contribution is 0.418. The molecule has 1 unspecified atom stereocenters. The van der Waals surface area contributed by atoms with E-state index in [1.807, 2.05) is 0 Å². The van der Waals surface area contributed by atoms with E-state index in [4.69, 9.17) is 22.7 Å². The zero-order valence-corrected chi connectivity index (χ0v) is 7.68. The molecule has 3 N–H and O–H groups in total. The fourth-order valence-electron chi connectivity index (χ4n) is 0.981. The molecule has 0 fully saturated rings. The molecule has 0 saturated heterocycles. The molecule has 0 bridgehead atoms. The Hall–Kier alpha value is -1.09. The van der Waals surface area contributed by atoms with Crippen LogP contribution in [0.3, 0.4) is 0 Å². The number of hydrogen-bond donors (Lipinski definition) is 2. The van der Waals surface area contributed by atoms with Crippen LogP contribution in [0.1, 0.15) is 5.56 Å². The highest BCUT2D eigenvalue weighted by Gasteiger charge is 2.10. The Morgan fingerprint density at radius 3 is 2.85 bits per heavy atom. The van der Waals surface area contributed by atoms with Crippen LogP contribution in [0.15, 0.2) is 24.3 Å². The van der Waals surface area contributed by atoms with Gasteiger partial charge in [-0.05, 0) is 17.7 Å². The predicted molar refractivity (Wildman–Crippen MR) is 52.0 cm³/mol. The van der Waals surface area contributed by atoms with Crippen molar-refractivity contribution in [3.63, 3.8) is 0 Å². The van der Waals surface area contributed by atoms with Crippen LogP contribution < -0.4 is 5.73 Å². The lowest BCUT2D eigenvalue weighted by Crippen LogP contribution is -2.25. The number of nitrogens with two attached hydrogens (primary N) is 1. The van der Waals surface area contributed by atoms with Gasteiger partial charge in [-0.3, -0.25) is 5.41 Å². The Balaban J connectivity index is 2.69. The van der Waals surface area contributed by atoms with Crippen LogP contribution in [0, 0.1) is 5.41 Å². The fourth-order valence-corrected chi connectivity index (χ4v) is 1.19. The van der Waals surface area contributed by atoms with E-state index in [1.54, 1.807) is 24.3 Å². The molecule has 1 aromatic carbocycles. The fraction of sp³-hybridized carbons (Fsp3) is 0.222. The molecule has 0 aliphatic carbocycles. The zero-order chi connectivity index (χ0) is 9.84. The number of halogens is 2. The summed E-state index contributed by atoms with van der Waals surface area (Å²) in [5.74, 6) is -0.444. The predicted octanol–water partition coefficient (Wildman–Crippen LogP) is 2.16. The van der Waals surface area contributed by atoms with E-state index in [-0.39, 0.29) is 6.42 Å². The highest BCUT2D eigenvalue weighted by atomic mass is 35.5. The standard InChI is InChI=1S/C9H10ClFN2/c10-7-3-1-2-6(4-7)5-8(11)9(12)13/h1-4,8H,5H2,(H3,12,13). The topological polar surface area (TPSA) is 49.9 Å². The maximum absolute atomic E-state index is 13.0. The van der Waals surface area contributed by atoms with E-state index < -0.39 is 12.0 Å². The van der Waals surface area contributed by atoms with Crippen molar-refractivity contribution in [2.45, 2.75) is 12.6 Å². The number of nitrogens with one attached hydrogen (secondary N) is 1. The van der Waals surface area contributed by atoms with Gasteiger partial charge in [0.25, 0.3) is 0 Å². The molecule has 4 heteroatoms. The minimum absolute atomic E-state index is 0.107. The molecule has 0 radical (unpaired) electrons. The van der Waals surface area contributed by atoms with E-state index in [1.165, 1.54) is 0 Å². The first kappa shape index (κ1) is 9.99. The molecule has 0 aromatic heterocycles. The van der Waals surface area contributed by atoms with E-state index >= 15 is 0 Å². The second-order valence-electron chi connectivity index (χ2n) is 2.76. The Morgan fingerprint density at radius 1 is 1.62 bits per heavy atom. The molecule has 0 amide bonds. The van der Waals surface area contributed by atoms with Crippen LogP contribution in [0.25, 0.3) is 0 Å². The van der Waals surface area contributed by atoms with Crippen LogP contribution in [-0.4, -0.2) is 12.0 Å². The second kappa shape index (κ2) is 4.23. The Bertz CT molecular complexity index is 314. The molecule has 70 valence electrons. The van der Waals surface area contributed by atoms with Gasteiger partial charge in [0.2, 0.25) is 0 Å². The molecule has 0 heterocycles. The van der Waals surface area contributed by atoms with Crippen molar-refractivity contribution in [1.82, 2.24) is 0 Å². The summed E-state index contributed by atoms with van der Waals surface area (Å²) in [7, 11) is 0. The van der Waals surface area contributed by atoms with Crippen LogP contribution in [0.2, 0.25) is 5.02 Å². The highest BCUT2D eigenvalue weighted by Crippen LogP contribution is 2.13. The van der Waals surface area contributed by atoms with Gasteiger partial charge >= 0.3 is 0 Å². The van der Waals surface area contributed by atoms with E-state index in [9.17, 15) is 4.39 Å². The molecular formula is C9H10ClFN2. The third-order valence-electron chi connectivity index (χ3n) is 1.64. The smallest absolute Gasteiger partial charge is 0.160 e. The van der Waals surface area contributed by atoms with E-state index in [0.717, 1.165) is 5.56 Å². The summed E-state index contributed by atoms with van der Waals surface area (Å²) in [6.45, 7) is 0. The van der Waals surface area contributed by atoms with Crippen molar-refractivity contribution in [2.75, 3.05) is 0 Å². The van der Waals surface area contributed by atoms with Crippen LogP contribution in [0.4, 0.5) is 4.39 Å². The third-order valence-corrected chi connectivity index (χ3v) is 1.88. The van der Waals surface area contributed by atoms with Gasteiger partial charge in [-0.15, -0.1) is 0 Å². The molecule has 13 heavy (non-hydrogen) atoms. The summed E-state index contributed by atoms with van der Waals surface area (Å²) in [6.07, 6.45) is -1.31. The highest BCUT2D eigenvalue weighted by molar-refractivity contribution is 6.30. The Kier molecular flexibility index (Phi) is 3.25. The normalized spacial score (nSPS) is 12.5. The Labute approximate surface area is 81.0 Å². The van der Waals surface area contributed by atoms with E-state index in [2.05, 4.69) is 0 Å². The van der Waals surface area contributed by atoms with Crippen molar-refractivity contribution >= 4 is 17.4 Å². The zero-order valence-electron chi connectivity index (χ0n) is 6.93. The summed E-state index contributed by atoms with van der Waals surface area (Å²) >= 11 is 5.70. The van der Waals surface area contributed by atoms with Crippen LogP contribution >= 0.6 is 11.6 Å². The first-order chi connectivity index (χ1) is 6.09. The SMILES string of the molecule is N=C(N)C(F)Cc1cccc(Cl)c1. The summed E-state index contributed by atoms with van der Waals surface area (Å²) in [5.41, 5.74) is 5.74.